The van der Waals surface area contributed by atoms with Crippen LogP contribution >= 0.6 is 0 Å². The standard InChI is InChI=1S/C17H30N2O/c1-4-6-8-13-17(15-11-9-7-10-12-15)18-19(3)16(5-2)14-20/h7,9-12,16-18,20H,4-6,8,13-14H2,1-3H3/t16-,17-/m1/s1. The first-order chi connectivity index (χ1) is 9.72. The average Bonchev–Trinajstić information content (AvgIpc) is 2.48. The zero-order valence-electron chi connectivity index (χ0n) is 13.2. The maximum atomic E-state index is 9.41. The maximum Gasteiger partial charge on any atom is 0.0600 e. The number of likely N-dealkylation sites (N-methyl/N-ethyl adjacent to an activating group) is 1. The molecule has 3 heteroatoms. The van der Waals surface area contributed by atoms with Crippen LogP contribution in [0.25, 0.3) is 0 Å². The van der Waals surface area contributed by atoms with Gasteiger partial charge in [-0.25, -0.2) is 10.4 Å². The summed E-state index contributed by atoms with van der Waals surface area (Å²) in [4.78, 5) is 0. The van der Waals surface area contributed by atoms with E-state index in [2.05, 4.69) is 54.6 Å². The van der Waals surface area contributed by atoms with E-state index in [1.165, 1.54) is 24.8 Å². The van der Waals surface area contributed by atoms with Gasteiger partial charge in [-0.15, -0.1) is 0 Å². The molecule has 1 aromatic carbocycles. The molecule has 0 aliphatic heterocycles. The van der Waals surface area contributed by atoms with E-state index in [1.54, 1.807) is 0 Å². The van der Waals surface area contributed by atoms with Crippen LogP contribution < -0.4 is 5.43 Å². The lowest BCUT2D eigenvalue weighted by atomic mass is 10.0. The van der Waals surface area contributed by atoms with Gasteiger partial charge in [0, 0.05) is 19.1 Å². The van der Waals surface area contributed by atoms with E-state index in [1.807, 2.05) is 7.05 Å². The van der Waals surface area contributed by atoms with E-state index in [-0.39, 0.29) is 12.6 Å². The molecular weight excluding hydrogens is 248 g/mol. The van der Waals surface area contributed by atoms with E-state index in [0.29, 0.717) is 6.04 Å². The van der Waals surface area contributed by atoms with Gasteiger partial charge in [0.2, 0.25) is 0 Å². The summed E-state index contributed by atoms with van der Waals surface area (Å²) < 4.78 is 0. The number of hydrogen-bond acceptors (Lipinski definition) is 3. The van der Waals surface area contributed by atoms with Crippen molar-refractivity contribution in [2.75, 3.05) is 13.7 Å². The first kappa shape index (κ1) is 17.2. The highest BCUT2D eigenvalue weighted by Crippen LogP contribution is 2.20. The number of rotatable bonds is 10. The molecule has 3 nitrogen and oxygen atoms in total. The van der Waals surface area contributed by atoms with E-state index < -0.39 is 0 Å². The van der Waals surface area contributed by atoms with Gasteiger partial charge in [0.15, 0.2) is 0 Å². The molecule has 0 amide bonds. The zero-order chi connectivity index (χ0) is 14.8. The lowest BCUT2D eigenvalue weighted by molar-refractivity contribution is 0.0802. The summed E-state index contributed by atoms with van der Waals surface area (Å²) in [6, 6.07) is 11.1. The highest BCUT2D eigenvalue weighted by atomic mass is 16.3. The van der Waals surface area contributed by atoms with Gasteiger partial charge in [-0.1, -0.05) is 63.4 Å². The van der Waals surface area contributed by atoms with Crippen LogP contribution in [0, 0.1) is 0 Å². The SMILES string of the molecule is CCCCC[C@@H](NN(C)[C@H](CC)CO)c1ccccc1. The number of nitrogens with one attached hydrogen (secondary N) is 1. The predicted octanol–water partition coefficient (Wildman–Crippen LogP) is 3.52. The number of hydrazine groups is 1. The Bertz CT molecular complexity index is 338. The second-order valence-electron chi connectivity index (χ2n) is 5.44. The third-order valence-electron chi connectivity index (χ3n) is 3.89. The fourth-order valence-corrected chi connectivity index (χ4v) is 2.47. The number of benzene rings is 1. The molecule has 0 bridgehead atoms. The average molecular weight is 278 g/mol. The molecule has 20 heavy (non-hydrogen) atoms. The first-order valence-corrected chi connectivity index (χ1v) is 7.87. The second-order valence-corrected chi connectivity index (χ2v) is 5.44. The minimum Gasteiger partial charge on any atom is -0.395 e. The van der Waals surface area contributed by atoms with Crippen molar-refractivity contribution < 1.29 is 5.11 Å². The largest absolute Gasteiger partial charge is 0.395 e. The van der Waals surface area contributed by atoms with E-state index >= 15 is 0 Å². The van der Waals surface area contributed by atoms with E-state index in [0.717, 1.165) is 12.8 Å². The highest BCUT2D eigenvalue weighted by Gasteiger charge is 2.17. The van der Waals surface area contributed by atoms with Crippen LogP contribution in [-0.4, -0.2) is 29.8 Å². The Hall–Kier alpha value is -0.900. The summed E-state index contributed by atoms with van der Waals surface area (Å²) in [5.74, 6) is 0. The van der Waals surface area contributed by atoms with Gasteiger partial charge in [0.05, 0.1) is 6.61 Å². The first-order valence-electron chi connectivity index (χ1n) is 7.87. The Balaban J connectivity index is 2.67. The molecule has 0 saturated heterocycles. The van der Waals surface area contributed by atoms with Gasteiger partial charge >= 0.3 is 0 Å². The molecule has 0 saturated carbocycles. The smallest absolute Gasteiger partial charge is 0.0600 e. The monoisotopic (exact) mass is 278 g/mol. The topological polar surface area (TPSA) is 35.5 Å². The zero-order valence-corrected chi connectivity index (χ0v) is 13.2. The molecule has 1 aromatic rings. The molecule has 0 spiro atoms. The van der Waals surface area contributed by atoms with Crippen molar-refractivity contribution in [3.63, 3.8) is 0 Å². The van der Waals surface area contributed by atoms with Crippen molar-refractivity contribution in [1.29, 1.82) is 0 Å². The molecule has 0 fully saturated rings. The lowest BCUT2D eigenvalue weighted by Gasteiger charge is -2.31. The van der Waals surface area contributed by atoms with Crippen molar-refractivity contribution in [2.24, 2.45) is 0 Å². The summed E-state index contributed by atoms with van der Waals surface area (Å²) in [5.41, 5.74) is 4.89. The number of aliphatic hydroxyl groups excluding tert-OH is 1. The molecule has 0 heterocycles. The van der Waals surface area contributed by atoms with E-state index in [9.17, 15) is 5.11 Å². The summed E-state index contributed by atoms with van der Waals surface area (Å²) in [6.45, 7) is 4.53. The van der Waals surface area contributed by atoms with Crippen molar-refractivity contribution in [1.82, 2.24) is 10.4 Å². The molecule has 1 rings (SSSR count). The van der Waals surface area contributed by atoms with Crippen molar-refractivity contribution in [3.8, 4) is 0 Å². The normalized spacial score (nSPS) is 14.4. The van der Waals surface area contributed by atoms with Crippen LogP contribution in [0.2, 0.25) is 0 Å². The molecule has 0 aliphatic carbocycles. The Morgan fingerprint density at radius 2 is 1.85 bits per heavy atom. The molecule has 2 atom stereocenters. The van der Waals surface area contributed by atoms with Crippen LogP contribution in [-0.2, 0) is 0 Å². The minimum atomic E-state index is 0.174. The quantitative estimate of drug-likeness (QED) is 0.508. The van der Waals surface area contributed by atoms with Gasteiger partial charge in [0.25, 0.3) is 0 Å². The fourth-order valence-electron chi connectivity index (χ4n) is 2.47. The lowest BCUT2D eigenvalue weighted by Crippen LogP contribution is -2.46. The molecule has 0 unspecified atom stereocenters. The Labute approximate surface area is 124 Å². The second kappa shape index (κ2) is 9.92. The Morgan fingerprint density at radius 1 is 1.15 bits per heavy atom. The van der Waals surface area contributed by atoms with Crippen LogP contribution in [0.5, 0.6) is 0 Å². The minimum absolute atomic E-state index is 0.174. The molecule has 2 N–H and O–H groups in total. The molecule has 0 aromatic heterocycles. The van der Waals surface area contributed by atoms with Gasteiger partial charge in [0.1, 0.15) is 0 Å². The highest BCUT2D eigenvalue weighted by molar-refractivity contribution is 5.18. The van der Waals surface area contributed by atoms with Crippen LogP contribution in [0.4, 0.5) is 0 Å². The van der Waals surface area contributed by atoms with Gasteiger partial charge in [-0.3, -0.25) is 0 Å². The van der Waals surface area contributed by atoms with Crippen LogP contribution in [0.1, 0.15) is 57.6 Å². The Kier molecular flexibility index (Phi) is 8.51. The van der Waals surface area contributed by atoms with Crippen molar-refractivity contribution >= 4 is 0 Å². The third-order valence-corrected chi connectivity index (χ3v) is 3.89. The number of aliphatic hydroxyl groups is 1. The van der Waals surface area contributed by atoms with Crippen molar-refractivity contribution in [2.45, 2.75) is 58.0 Å². The molecule has 114 valence electrons. The van der Waals surface area contributed by atoms with Crippen LogP contribution in [0.15, 0.2) is 30.3 Å². The van der Waals surface area contributed by atoms with Gasteiger partial charge < -0.3 is 5.11 Å². The maximum absolute atomic E-state index is 9.41. The van der Waals surface area contributed by atoms with Gasteiger partial charge in [-0.2, -0.15) is 0 Å². The molecule has 0 aliphatic rings. The fraction of sp³-hybridized carbons (Fsp3) is 0.647. The molecular formula is C17H30N2O. The van der Waals surface area contributed by atoms with Gasteiger partial charge in [-0.05, 0) is 18.4 Å². The number of unbranched alkanes of at least 4 members (excludes halogenated alkanes) is 2. The summed E-state index contributed by atoms with van der Waals surface area (Å²) in [5, 5.41) is 11.5. The molecule has 0 radical (unpaired) electrons. The van der Waals surface area contributed by atoms with E-state index in [4.69, 9.17) is 0 Å². The third kappa shape index (κ3) is 5.61. The summed E-state index contributed by atoms with van der Waals surface area (Å²) >= 11 is 0. The summed E-state index contributed by atoms with van der Waals surface area (Å²) in [7, 11) is 2.03. The summed E-state index contributed by atoms with van der Waals surface area (Å²) in [6.07, 6.45) is 5.81. The number of hydrogen-bond donors (Lipinski definition) is 2. The van der Waals surface area contributed by atoms with Crippen molar-refractivity contribution in [3.05, 3.63) is 35.9 Å². The predicted molar refractivity (Wildman–Crippen MR) is 85.4 cm³/mol. The Morgan fingerprint density at radius 3 is 2.40 bits per heavy atom. The van der Waals surface area contributed by atoms with Crippen LogP contribution in [0.3, 0.4) is 0 Å². The number of nitrogens with zero attached hydrogens (tertiary/aromatic N) is 1.